The first-order chi connectivity index (χ1) is 10.3. The van der Waals surface area contributed by atoms with Crippen LogP contribution < -0.4 is 5.32 Å². The van der Waals surface area contributed by atoms with Gasteiger partial charge in [-0.2, -0.15) is 0 Å². The predicted octanol–water partition coefficient (Wildman–Crippen LogP) is 2.95. The number of amides is 1. The number of carbonyl (C=O) groups is 1. The first-order valence-corrected chi connectivity index (χ1v) is 7.55. The standard InChI is InChI=1S/C14H13ClN2O4S/c1-14(19,12-3-2-6-22-12)8-16-13(18)9-4-5-10(15)11(7-9)17(20)21/h2-7,19H,8H2,1H3,(H,16,18). The van der Waals surface area contributed by atoms with Gasteiger partial charge in [0, 0.05) is 16.5 Å². The Balaban J connectivity index is 2.10. The van der Waals surface area contributed by atoms with Gasteiger partial charge in [-0.3, -0.25) is 14.9 Å². The Hall–Kier alpha value is -1.96. The molecular formula is C14H13ClN2O4S. The van der Waals surface area contributed by atoms with Crippen LogP contribution in [0.5, 0.6) is 0 Å². The van der Waals surface area contributed by atoms with Crippen molar-refractivity contribution in [2.45, 2.75) is 12.5 Å². The SMILES string of the molecule is CC(O)(CNC(=O)c1ccc(Cl)c([N+](=O)[O-])c1)c1cccs1. The van der Waals surface area contributed by atoms with Gasteiger partial charge in [0.1, 0.15) is 10.6 Å². The molecule has 0 fully saturated rings. The third kappa shape index (κ3) is 3.62. The van der Waals surface area contributed by atoms with E-state index in [1.807, 2.05) is 5.38 Å². The molecule has 2 N–H and O–H groups in total. The molecule has 1 aromatic heterocycles. The molecular weight excluding hydrogens is 328 g/mol. The van der Waals surface area contributed by atoms with Crippen molar-refractivity contribution in [3.63, 3.8) is 0 Å². The van der Waals surface area contributed by atoms with Crippen molar-refractivity contribution in [1.82, 2.24) is 5.32 Å². The summed E-state index contributed by atoms with van der Waals surface area (Å²) in [7, 11) is 0. The van der Waals surface area contributed by atoms with E-state index in [9.17, 15) is 20.0 Å². The lowest BCUT2D eigenvalue weighted by Gasteiger charge is -2.22. The van der Waals surface area contributed by atoms with Crippen LogP contribution >= 0.6 is 22.9 Å². The van der Waals surface area contributed by atoms with Gasteiger partial charge in [0.05, 0.1) is 11.5 Å². The second-order valence-corrected chi connectivity index (χ2v) is 6.21. The molecule has 1 aromatic carbocycles. The number of nitro benzene ring substituents is 1. The molecule has 1 amide bonds. The molecule has 6 nitrogen and oxygen atoms in total. The Morgan fingerprint density at radius 1 is 1.50 bits per heavy atom. The fraction of sp³-hybridized carbons (Fsp3) is 0.214. The molecule has 0 bridgehead atoms. The zero-order valence-electron chi connectivity index (χ0n) is 11.6. The highest BCUT2D eigenvalue weighted by molar-refractivity contribution is 7.10. The largest absolute Gasteiger partial charge is 0.383 e. The topological polar surface area (TPSA) is 92.5 Å². The Morgan fingerprint density at radius 3 is 2.82 bits per heavy atom. The molecule has 1 atom stereocenters. The molecule has 0 saturated carbocycles. The lowest BCUT2D eigenvalue weighted by molar-refractivity contribution is -0.384. The zero-order valence-corrected chi connectivity index (χ0v) is 13.1. The van der Waals surface area contributed by atoms with E-state index in [-0.39, 0.29) is 22.8 Å². The third-order valence-electron chi connectivity index (χ3n) is 3.05. The molecule has 0 aliphatic carbocycles. The second-order valence-electron chi connectivity index (χ2n) is 4.86. The molecule has 0 aliphatic rings. The molecule has 0 aliphatic heterocycles. The fourth-order valence-corrected chi connectivity index (χ4v) is 2.79. The third-order valence-corrected chi connectivity index (χ3v) is 4.49. The Morgan fingerprint density at radius 2 is 2.23 bits per heavy atom. The predicted molar refractivity (Wildman–Crippen MR) is 84.3 cm³/mol. The minimum Gasteiger partial charge on any atom is -0.383 e. The monoisotopic (exact) mass is 340 g/mol. The maximum atomic E-state index is 12.1. The molecule has 1 heterocycles. The first kappa shape index (κ1) is 16.4. The van der Waals surface area contributed by atoms with Crippen LogP contribution in [0.2, 0.25) is 5.02 Å². The van der Waals surface area contributed by atoms with Gasteiger partial charge in [-0.1, -0.05) is 17.7 Å². The second kappa shape index (κ2) is 6.43. The lowest BCUT2D eigenvalue weighted by atomic mass is 10.0. The van der Waals surface area contributed by atoms with Crippen molar-refractivity contribution in [3.8, 4) is 0 Å². The summed E-state index contributed by atoms with van der Waals surface area (Å²) < 4.78 is 0. The van der Waals surface area contributed by atoms with E-state index in [0.717, 1.165) is 10.9 Å². The number of carbonyl (C=O) groups excluding carboxylic acids is 1. The summed E-state index contributed by atoms with van der Waals surface area (Å²) in [5.74, 6) is -0.517. The normalized spacial score (nSPS) is 13.4. The summed E-state index contributed by atoms with van der Waals surface area (Å²) >= 11 is 7.08. The lowest BCUT2D eigenvalue weighted by Crippen LogP contribution is -2.38. The van der Waals surface area contributed by atoms with Crippen LogP contribution in [0.4, 0.5) is 5.69 Å². The smallest absolute Gasteiger partial charge is 0.288 e. The minimum atomic E-state index is -1.21. The van der Waals surface area contributed by atoms with Gasteiger partial charge < -0.3 is 10.4 Å². The van der Waals surface area contributed by atoms with Crippen LogP contribution in [0.25, 0.3) is 0 Å². The number of nitrogens with one attached hydrogen (secondary N) is 1. The number of benzene rings is 1. The molecule has 116 valence electrons. The molecule has 8 heteroatoms. The molecule has 2 aromatic rings. The Bertz CT molecular complexity index is 701. The fourth-order valence-electron chi connectivity index (χ4n) is 1.82. The zero-order chi connectivity index (χ0) is 16.3. The van der Waals surface area contributed by atoms with E-state index in [0.29, 0.717) is 0 Å². The highest BCUT2D eigenvalue weighted by Gasteiger charge is 2.25. The van der Waals surface area contributed by atoms with Gasteiger partial charge in [-0.25, -0.2) is 0 Å². The summed E-state index contributed by atoms with van der Waals surface area (Å²) in [6, 6.07) is 7.37. The van der Waals surface area contributed by atoms with E-state index >= 15 is 0 Å². The van der Waals surface area contributed by atoms with Gasteiger partial charge in [-0.05, 0) is 30.5 Å². The van der Waals surface area contributed by atoms with Crippen molar-refractivity contribution in [3.05, 3.63) is 61.3 Å². The van der Waals surface area contributed by atoms with Crippen molar-refractivity contribution in [2.24, 2.45) is 0 Å². The summed E-state index contributed by atoms with van der Waals surface area (Å²) in [6.07, 6.45) is 0. The highest BCUT2D eigenvalue weighted by atomic mass is 35.5. The quantitative estimate of drug-likeness (QED) is 0.646. The molecule has 22 heavy (non-hydrogen) atoms. The van der Waals surface area contributed by atoms with E-state index in [1.165, 1.54) is 23.5 Å². The maximum Gasteiger partial charge on any atom is 0.288 e. The summed E-state index contributed by atoms with van der Waals surface area (Å²) in [6.45, 7) is 1.58. The van der Waals surface area contributed by atoms with E-state index in [2.05, 4.69) is 5.32 Å². The first-order valence-electron chi connectivity index (χ1n) is 6.30. The van der Waals surface area contributed by atoms with Crippen LogP contribution in [0.3, 0.4) is 0 Å². The van der Waals surface area contributed by atoms with Crippen molar-refractivity contribution >= 4 is 34.5 Å². The van der Waals surface area contributed by atoms with Gasteiger partial charge in [0.15, 0.2) is 0 Å². The number of aliphatic hydroxyl groups is 1. The van der Waals surface area contributed by atoms with Crippen molar-refractivity contribution < 1.29 is 14.8 Å². The van der Waals surface area contributed by atoms with Crippen LogP contribution in [-0.4, -0.2) is 22.5 Å². The Labute approximate surface area is 135 Å². The molecule has 1 unspecified atom stereocenters. The molecule has 0 radical (unpaired) electrons. The number of hydrogen-bond acceptors (Lipinski definition) is 5. The number of thiophene rings is 1. The summed E-state index contributed by atoms with van der Waals surface area (Å²) in [4.78, 5) is 22.9. The van der Waals surface area contributed by atoms with Crippen molar-refractivity contribution in [2.75, 3.05) is 6.54 Å². The van der Waals surface area contributed by atoms with Crippen LogP contribution in [0, 0.1) is 10.1 Å². The van der Waals surface area contributed by atoms with E-state index in [1.54, 1.807) is 19.1 Å². The number of nitro groups is 1. The van der Waals surface area contributed by atoms with E-state index < -0.39 is 16.4 Å². The maximum absolute atomic E-state index is 12.1. The average Bonchev–Trinajstić information content (AvgIpc) is 3.00. The van der Waals surface area contributed by atoms with E-state index in [4.69, 9.17) is 11.6 Å². The number of nitrogens with zero attached hydrogens (tertiary/aromatic N) is 1. The van der Waals surface area contributed by atoms with Crippen molar-refractivity contribution in [1.29, 1.82) is 0 Å². The van der Waals surface area contributed by atoms with Crippen LogP contribution in [0.1, 0.15) is 22.2 Å². The number of rotatable bonds is 5. The number of halogens is 1. The van der Waals surface area contributed by atoms with Crippen LogP contribution in [-0.2, 0) is 5.60 Å². The number of hydrogen-bond donors (Lipinski definition) is 2. The molecule has 2 rings (SSSR count). The Kier molecular flexibility index (Phi) is 4.80. The highest BCUT2D eigenvalue weighted by Crippen LogP contribution is 2.26. The minimum absolute atomic E-state index is 0.0111. The van der Waals surface area contributed by atoms with Gasteiger partial charge in [0.25, 0.3) is 11.6 Å². The average molecular weight is 341 g/mol. The van der Waals surface area contributed by atoms with Crippen LogP contribution in [0.15, 0.2) is 35.7 Å². The van der Waals surface area contributed by atoms with Gasteiger partial charge in [-0.15, -0.1) is 11.3 Å². The summed E-state index contributed by atoms with van der Waals surface area (Å²) in [5.41, 5.74) is -1.43. The molecule has 0 saturated heterocycles. The summed E-state index contributed by atoms with van der Waals surface area (Å²) in [5, 5.41) is 25.5. The molecule has 0 spiro atoms. The van der Waals surface area contributed by atoms with Gasteiger partial charge >= 0.3 is 0 Å². The van der Waals surface area contributed by atoms with Gasteiger partial charge in [0.2, 0.25) is 0 Å².